The first-order valence-corrected chi connectivity index (χ1v) is 6.15. The molecule has 12 heteroatoms. The zero-order valence-electron chi connectivity index (χ0n) is 11.4. The highest BCUT2D eigenvalue weighted by Gasteiger charge is 2.79. The van der Waals surface area contributed by atoms with Gasteiger partial charge in [0.1, 0.15) is 0 Å². The Morgan fingerprint density at radius 2 is 1.52 bits per heavy atom. The van der Waals surface area contributed by atoms with Crippen LogP contribution in [0.4, 0.5) is 26.3 Å². The molecule has 0 aromatic heterocycles. The van der Waals surface area contributed by atoms with Crippen molar-refractivity contribution in [1.29, 1.82) is 0 Å². The van der Waals surface area contributed by atoms with Gasteiger partial charge in [-0.3, -0.25) is 0 Å². The number of hydrogen-bond acceptors (Lipinski definition) is 5. The molecule has 0 spiro atoms. The molecule has 0 fully saturated rings. The van der Waals surface area contributed by atoms with E-state index in [-0.39, 0.29) is 19.3 Å². The van der Waals surface area contributed by atoms with Crippen LogP contribution in [0.25, 0.3) is 0 Å². The third kappa shape index (κ3) is 4.70. The minimum Gasteiger partial charge on any atom is -0.477 e. The van der Waals surface area contributed by atoms with Gasteiger partial charge in [0.2, 0.25) is 0 Å². The van der Waals surface area contributed by atoms with E-state index in [9.17, 15) is 35.9 Å². The molecule has 0 heterocycles. The Morgan fingerprint density at radius 1 is 1.00 bits per heavy atom. The highest BCUT2D eigenvalue weighted by Crippen LogP contribution is 2.46. The Morgan fingerprint density at radius 3 is 1.96 bits per heavy atom. The Kier molecular flexibility index (Phi) is 7.28. The molecular weight excluding hydrogens is 342 g/mol. The molecule has 0 amide bonds. The van der Waals surface area contributed by atoms with E-state index in [1.165, 1.54) is 0 Å². The normalized spacial score (nSPS) is 14.4. The van der Waals surface area contributed by atoms with Crippen LogP contribution in [-0.4, -0.2) is 64.3 Å². The zero-order valence-corrected chi connectivity index (χ0v) is 11.4. The van der Waals surface area contributed by atoms with Crippen LogP contribution in [0.2, 0.25) is 0 Å². The van der Waals surface area contributed by atoms with Gasteiger partial charge in [0, 0.05) is 0 Å². The van der Waals surface area contributed by atoms with Crippen LogP contribution in [0.5, 0.6) is 0 Å². The van der Waals surface area contributed by atoms with Gasteiger partial charge in [-0.25, -0.2) is 9.59 Å². The summed E-state index contributed by atoms with van der Waals surface area (Å²) in [5, 5.41) is 25.3. The number of aliphatic carboxylic acids is 1. The highest BCUT2D eigenvalue weighted by atomic mass is 19.3. The third-order valence-electron chi connectivity index (χ3n) is 2.69. The maximum Gasteiger partial charge on any atom is 0.411 e. The molecular formula is C11H14F6O6. The van der Waals surface area contributed by atoms with E-state index in [0.29, 0.717) is 0 Å². The van der Waals surface area contributed by atoms with Gasteiger partial charge in [0.05, 0.1) is 19.3 Å². The molecule has 0 aromatic carbocycles. The summed E-state index contributed by atoms with van der Waals surface area (Å²) in [6.45, 7) is -1.42. The lowest BCUT2D eigenvalue weighted by Crippen LogP contribution is -2.61. The Bertz CT molecular complexity index is 427. The van der Waals surface area contributed by atoms with Crippen molar-refractivity contribution in [3.63, 3.8) is 0 Å². The first kappa shape index (κ1) is 21.4. The number of carbonyl (C=O) groups excluding carboxylic acids is 1. The molecule has 3 N–H and O–H groups in total. The monoisotopic (exact) mass is 356 g/mol. The van der Waals surface area contributed by atoms with Crippen LogP contribution in [-0.2, 0) is 14.3 Å². The van der Waals surface area contributed by atoms with E-state index in [1.54, 1.807) is 0 Å². The Hall–Kier alpha value is -1.56. The van der Waals surface area contributed by atoms with Crippen LogP contribution in [0.15, 0.2) is 0 Å². The number of ether oxygens (including phenoxy) is 1. The van der Waals surface area contributed by atoms with E-state index in [2.05, 4.69) is 4.74 Å². The van der Waals surface area contributed by atoms with Crippen molar-refractivity contribution in [1.82, 2.24) is 0 Å². The lowest BCUT2D eigenvalue weighted by Gasteiger charge is -2.28. The molecule has 0 radical (unpaired) electrons. The second-order valence-corrected chi connectivity index (χ2v) is 4.50. The number of alkyl halides is 6. The number of aliphatic hydroxyl groups excluding tert-OH is 2. The molecule has 0 rings (SSSR count). The average Bonchev–Trinajstić information content (AvgIpc) is 2.45. The fraction of sp³-hybridized carbons (Fsp3) is 0.818. The quantitative estimate of drug-likeness (QED) is 0.307. The molecule has 0 aromatic rings. The number of unbranched alkanes of at least 4 members (excludes halogenated alkanes) is 1. The number of halogens is 6. The first-order valence-electron chi connectivity index (χ1n) is 6.15. The van der Waals surface area contributed by atoms with Crippen molar-refractivity contribution in [2.45, 2.75) is 43.1 Å². The second-order valence-electron chi connectivity index (χ2n) is 4.50. The number of aliphatic hydroxyl groups is 2. The summed E-state index contributed by atoms with van der Waals surface area (Å²) in [6, 6.07) is 0. The number of carboxylic acid groups (broad SMARTS) is 1. The highest BCUT2D eigenvalue weighted by molar-refractivity contribution is 5.83. The maximum atomic E-state index is 13.1. The fourth-order valence-electron chi connectivity index (χ4n) is 1.29. The summed E-state index contributed by atoms with van der Waals surface area (Å²) in [7, 11) is 0. The van der Waals surface area contributed by atoms with Crippen molar-refractivity contribution in [3.05, 3.63) is 0 Å². The van der Waals surface area contributed by atoms with Gasteiger partial charge in [0.25, 0.3) is 0 Å². The van der Waals surface area contributed by atoms with Gasteiger partial charge in [-0.05, 0) is 19.3 Å². The standard InChI is InChI=1S/C11H14F6O6/c12-9(13,7(20)21)11(16,17)10(14,15)8(22)23-4-2-1-3-6(19)5-18/h6,18-19H,1-5H2,(H,20,21). The molecule has 0 saturated heterocycles. The average molecular weight is 356 g/mol. The van der Waals surface area contributed by atoms with Crippen LogP contribution in [0.3, 0.4) is 0 Å². The summed E-state index contributed by atoms with van der Waals surface area (Å²) in [4.78, 5) is 20.8. The largest absolute Gasteiger partial charge is 0.477 e. The topological polar surface area (TPSA) is 104 Å². The first-order chi connectivity index (χ1) is 10.3. The van der Waals surface area contributed by atoms with E-state index >= 15 is 0 Å². The van der Waals surface area contributed by atoms with Gasteiger partial charge in [-0.2, -0.15) is 26.3 Å². The van der Waals surface area contributed by atoms with Gasteiger partial charge >= 0.3 is 29.7 Å². The van der Waals surface area contributed by atoms with Gasteiger partial charge < -0.3 is 20.1 Å². The number of carbonyl (C=O) groups is 2. The summed E-state index contributed by atoms with van der Waals surface area (Å²) in [6.07, 6.45) is -1.23. The van der Waals surface area contributed by atoms with Gasteiger partial charge in [-0.15, -0.1) is 0 Å². The summed E-state index contributed by atoms with van der Waals surface area (Å²) < 4.78 is 81.2. The van der Waals surface area contributed by atoms with Crippen LogP contribution < -0.4 is 0 Å². The summed E-state index contributed by atoms with van der Waals surface area (Å²) >= 11 is 0. The molecule has 136 valence electrons. The van der Waals surface area contributed by atoms with Gasteiger partial charge in [0.15, 0.2) is 0 Å². The van der Waals surface area contributed by atoms with Crippen molar-refractivity contribution in [2.75, 3.05) is 13.2 Å². The summed E-state index contributed by atoms with van der Waals surface area (Å²) in [5.41, 5.74) is 0. The minimum absolute atomic E-state index is 0.00229. The van der Waals surface area contributed by atoms with Crippen LogP contribution in [0.1, 0.15) is 19.3 Å². The van der Waals surface area contributed by atoms with Gasteiger partial charge in [-0.1, -0.05) is 0 Å². The van der Waals surface area contributed by atoms with Crippen molar-refractivity contribution >= 4 is 11.9 Å². The predicted octanol–water partition coefficient (Wildman–Crippen LogP) is 1.04. The molecule has 6 nitrogen and oxygen atoms in total. The molecule has 0 saturated carbocycles. The van der Waals surface area contributed by atoms with Crippen molar-refractivity contribution in [2.24, 2.45) is 0 Å². The number of carboxylic acids is 1. The lowest BCUT2D eigenvalue weighted by atomic mass is 10.0. The molecule has 23 heavy (non-hydrogen) atoms. The maximum absolute atomic E-state index is 13.1. The SMILES string of the molecule is O=C(O)C(F)(F)C(F)(F)C(F)(F)C(=O)OCCCCC(O)CO. The van der Waals surface area contributed by atoms with Crippen LogP contribution in [0, 0.1) is 0 Å². The number of esters is 1. The van der Waals surface area contributed by atoms with E-state index in [4.69, 9.17) is 15.3 Å². The van der Waals surface area contributed by atoms with Crippen molar-refractivity contribution < 1.29 is 56.0 Å². The number of rotatable bonds is 10. The minimum atomic E-state index is -6.49. The molecule has 1 atom stereocenters. The number of hydrogen-bond donors (Lipinski definition) is 3. The Labute approximate surface area is 125 Å². The van der Waals surface area contributed by atoms with E-state index < -0.39 is 49.0 Å². The van der Waals surface area contributed by atoms with E-state index in [1.807, 2.05) is 0 Å². The smallest absolute Gasteiger partial charge is 0.411 e. The van der Waals surface area contributed by atoms with E-state index in [0.717, 1.165) is 0 Å². The Balaban J connectivity index is 4.69. The molecule has 0 aliphatic carbocycles. The molecule has 0 bridgehead atoms. The molecule has 0 aliphatic heterocycles. The predicted molar refractivity (Wildman–Crippen MR) is 60.4 cm³/mol. The van der Waals surface area contributed by atoms with Crippen molar-refractivity contribution in [3.8, 4) is 0 Å². The summed E-state index contributed by atoms with van der Waals surface area (Å²) in [5.74, 6) is -25.2. The zero-order chi connectivity index (χ0) is 18.5. The lowest BCUT2D eigenvalue weighted by molar-refractivity contribution is -0.299. The molecule has 0 aliphatic rings. The second kappa shape index (κ2) is 7.81. The fourth-order valence-corrected chi connectivity index (χ4v) is 1.29. The molecule has 1 unspecified atom stereocenters. The third-order valence-corrected chi connectivity index (χ3v) is 2.69. The van der Waals surface area contributed by atoms with Crippen LogP contribution >= 0.6 is 0 Å².